The Morgan fingerprint density at radius 3 is 2.71 bits per heavy atom. The number of nitrogens with one attached hydrogen (secondary N) is 1. The van der Waals surface area contributed by atoms with E-state index in [4.69, 9.17) is 0 Å². The molecule has 1 atom stereocenters. The number of halogens is 1. The zero-order valence-electron chi connectivity index (χ0n) is 11.7. The summed E-state index contributed by atoms with van der Waals surface area (Å²) in [5.74, 6) is -0.847. The minimum atomic E-state index is -0.458. The second kappa shape index (κ2) is 6.95. The molecule has 0 unspecified atom stereocenters. The number of rotatable bonds is 5. The molecule has 0 fully saturated rings. The number of hydrogen-bond donors (Lipinski definition) is 2. The van der Waals surface area contributed by atoms with Crippen LogP contribution in [0, 0.1) is 12.7 Å². The number of amides is 1. The van der Waals surface area contributed by atoms with Crippen LogP contribution in [0.25, 0.3) is 0 Å². The summed E-state index contributed by atoms with van der Waals surface area (Å²) in [5, 5.41) is 12.1. The van der Waals surface area contributed by atoms with Crippen LogP contribution in [-0.2, 0) is 6.42 Å². The quantitative estimate of drug-likeness (QED) is 0.883. The van der Waals surface area contributed by atoms with Gasteiger partial charge in [-0.2, -0.15) is 0 Å². The van der Waals surface area contributed by atoms with Gasteiger partial charge in [0, 0.05) is 18.0 Å². The van der Waals surface area contributed by atoms with Crippen LogP contribution in [0.3, 0.4) is 0 Å². The normalized spacial score (nSPS) is 12.0. The molecule has 1 amide bonds. The van der Waals surface area contributed by atoms with Gasteiger partial charge in [0.05, 0.1) is 12.6 Å². The molecule has 0 spiro atoms. The van der Waals surface area contributed by atoms with Crippen molar-refractivity contribution in [3.8, 4) is 0 Å². The lowest BCUT2D eigenvalue weighted by molar-refractivity contribution is 0.0915. The number of aryl methyl sites for hydroxylation is 1. The van der Waals surface area contributed by atoms with Crippen LogP contribution < -0.4 is 5.32 Å². The molecular weight excluding hydrogens is 271 g/mol. The molecule has 0 aliphatic heterocycles. The van der Waals surface area contributed by atoms with Gasteiger partial charge in [-0.1, -0.05) is 6.07 Å². The summed E-state index contributed by atoms with van der Waals surface area (Å²) in [6.45, 7) is 1.55. The van der Waals surface area contributed by atoms with Crippen molar-refractivity contribution in [3.05, 3.63) is 65.2 Å². The second-order valence-electron chi connectivity index (χ2n) is 4.87. The minimum Gasteiger partial charge on any atom is -0.394 e. The molecule has 0 saturated carbocycles. The van der Waals surface area contributed by atoms with Crippen LogP contribution in [0.5, 0.6) is 0 Å². The summed E-state index contributed by atoms with van der Waals surface area (Å²) in [6, 6.07) is 7.28. The molecule has 1 aromatic carbocycles. The first-order valence-electron chi connectivity index (χ1n) is 6.67. The summed E-state index contributed by atoms with van der Waals surface area (Å²) in [6.07, 6.45) is 3.80. The lowest BCUT2D eigenvalue weighted by Crippen LogP contribution is -2.39. The third kappa shape index (κ3) is 4.10. The highest BCUT2D eigenvalue weighted by molar-refractivity contribution is 5.95. The number of pyridine rings is 1. The average Bonchev–Trinajstić information content (AvgIpc) is 2.50. The SMILES string of the molecule is Cc1ccc(F)cc1C(=O)N[C@H](CO)Cc1ccncc1. The van der Waals surface area contributed by atoms with Gasteiger partial charge in [0.15, 0.2) is 0 Å². The van der Waals surface area contributed by atoms with Crippen molar-refractivity contribution in [2.45, 2.75) is 19.4 Å². The summed E-state index contributed by atoms with van der Waals surface area (Å²) in [4.78, 5) is 16.1. The highest BCUT2D eigenvalue weighted by atomic mass is 19.1. The molecule has 0 radical (unpaired) electrons. The topological polar surface area (TPSA) is 62.2 Å². The molecule has 1 heterocycles. The van der Waals surface area contributed by atoms with Crippen molar-refractivity contribution >= 4 is 5.91 Å². The first-order valence-corrected chi connectivity index (χ1v) is 6.67. The zero-order valence-corrected chi connectivity index (χ0v) is 11.7. The van der Waals surface area contributed by atoms with E-state index in [1.165, 1.54) is 12.1 Å². The Morgan fingerprint density at radius 2 is 2.05 bits per heavy atom. The molecule has 0 saturated heterocycles. The van der Waals surface area contributed by atoms with Gasteiger partial charge in [-0.15, -0.1) is 0 Å². The maximum Gasteiger partial charge on any atom is 0.251 e. The standard InChI is InChI=1S/C16H17FN2O2/c1-11-2-3-13(17)9-15(11)16(21)19-14(10-20)8-12-4-6-18-7-5-12/h2-7,9,14,20H,8,10H2,1H3,(H,19,21)/t14-/m0/s1. The highest BCUT2D eigenvalue weighted by Gasteiger charge is 2.15. The van der Waals surface area contributed by atoms with Gasteiger partial charge in [0.25, 0.3) is 5.91 Å². The third-order valence-electron chi connectivity index (χ3n) is 3.23. The fourth-order valence-electron chi connectivity index (χ4n) is 2.07. The Kier molecular flexibility index (Phi) is 5.00. The molecule has 110 valence electrons. The van der Waals surface area contributed by atoms with Crippen molar-refractivity contribution in [1.29, 1.82) is 0 Å². The molecule has 2 aromatic rings. The molecule has 5 heteroatoms. The average molecular weight is 288 g/mol. The van der Waals surface area contributed by atoms with Crippen molar-refractivity contribution in [3.63, 3.8) is 0 Å². The molecular formula is C16H17FN2O2. The first kappa shape index (κ1) is 15.1. The van der Waals surface area contributed by atoms with Crippen LogP contribution in [0.1, 0.15) is 21.5 Å². The fraction of sp³-hybridized carbons (Fsp3) is 0.250. The molecule has 2 rings (SSSR count). The Labute approximate surface area is 122 Å². The number of benzene rings is 1. The van der Waals surface area contributed by atoms with Gasteiger partial charge in [-0.05, 0) is 48.7 Å². The molecule has 0 bridgehead atoms. The minimum absolute atomic E-state index is 0.192. The van der Waals surface area contributed by atoms with Crippen LogP contribution >= 0.6 is 0 Å². The van der Waals surface area contributed by atoms with E-state index in [0.717, 1.165) is 5.56 Å². The molecule has 1 aromatic heterocycles. The van der Waals surface area contributed by atoms with E-state index in [1.807, 2.05) is 12.1 Å². The fourth-order valence-corrected chi connectivity index (χ4v) is 2.07. The predicted molar refractivity (Wildman–Crippen MR) is 77.4 cm³/mol. The summed E-state index contributed by atoms with van der Waals surface area (Å²) < 4.78 is 13.2. The molecule has 0 aliphatic carbocycles. The monoisotopic (exact) mass is 288 g/mol. The van der Waals surface area contributed by atoms with Crippen molar-refractivity contribution in [1.82, 2.24) is 10.3 Å². The van der Waals surface area contributed by atoms with Crippen LogP contribution in [-0.4, -0.2) is 28.6 Å². The third-order valence-corrected chi connectivity index (χ3v) is 3.23. The Balaban J connectivity index is 2.07. The maximum absolute atomic E-state index is 13.2. The van der Waals surface area contributed by atoms with E-state index in [9.17, 15) is 14.3 Å². The van der Waals surface area contributed by atoms with Crippen LogP contribution in [0.2, 0.25) is 0 Å². The van der Waals surface area contributed by atoms with Crippen molar-refractivity contribution in [2.75, 3.05) is 6.61 Å². The molecule has 21 heavy (non-hydrogen) atoms. The van der Waals surface area contributed by atoms with E-state index in [0.29, 0.717) is 12.0 Å². The summed E-state index contributed by atoms with van der Waals surface area (Å²) in [5.41, 5.74) is 1.93. The van der Waals surface area contributed by atoms with E-state index < -0.39 is 11.9 Å². The largest absolute Gasteiger partial charge is 0.394 e. The van der Waals surface area contributed by atoms with E-state index in [1.54, 1.807) is 25.4 Å². The van der Waals surface area contributed by atoms with Crippen molar-refractivity contribution in [2.24, 2.45) is 0 Å². The van der Waals surface area contributed by atoms with Gasteiger partial charge in [0.1, 0.15) is 5.82 Å². The van der Waals surface area contributed by atoms with Crippen LogP contribution in [0.4, 0.5) is 4.39 Å². The summed E-state index contributed by atoms with van der Waals surface area (Å²) >= 11 is 0. The van der Waals surface area contributed by atoms with E-state index in [2.05, 4.69) is 10.3 Å². The number of carbonyl (C=O) groups excluding carboxylic acids is 1. The number of aliphatic hydroxyl groups excluding tert-OH is 1. The lowest BCUT2D eigenvalue weighted by Gasteiger charge is -2.17. The van der Waals surface area contributed by atoms with E-state index >= 15 is 0 Å². The van der Waals surface area contributed by atoms with Gasteiger partial charge in [0.2, 0.25) is 0 Å². The second-order valence-corrected chi connectivity index (χ2v) is 4.87. The molecule has 2 N–H and O–H groups in total. The van der Waals surface area contributed by atoms with Crippen LogP contribution in [0.15, 0.2) is 42.7 Å². The van der Waals surface area contributed by atoms with Gasteiger partial charge < -0.3 is 10.4 Å². The van der Waals surface area contributed by atoms with E-state index in [-0.39, 0.29) is 18.1 Å². The van der Waals surface area contributed by atoms with Gasteiger partial charge >= 0.3 is 0 Å². The predicted octanol–water partition coefficient (Wildman–Crippen LogP) is 1.86. The van der Waals surface area contributed by atoms with Gasteiger partial charge in [-0.25, -0.2) is 4.39 Å². The number of hydrogen-bond acceptors (Lipinski definition) is 3. The highest BCUT2D eigenvalue weighted by Crippen LogP contribution is 2.11. The smallest absolute Gasteiger partial charge is 0.251 e. The Morgan fingerprint density at radius 1 is 1.33 bits per heavy atom. The summed E-state index contributed by atoms with van der Waals surface area (Å²) in [7, 11) is 0. The number of aromatic nitrogens is 1. The number of carbonyl (C=O) groups is 1. The Hall–Kier alpha value is -2.27. The molecule has 4 nitrogen and oxygen atoms in total. The molecule has 0 aliphatic rings. The number of aliphatic hydroxyl groups is 1. The lowest BCUT2D eigenvalue weighted by atomic mass is 10.1. The Bertz CT molecular complexity index is 617. The maximum atomic E-state index is 13.2. The first-order chi connectivity index (χ1) is 10.1. The van der Waals surface area contributed by atoms with Crippen molar-refractivity contribution < 1.29 is 14.3 Å². The zero-order chi connectivity index (χ0) is 15.2. The van der Waals surface area contributed by atoms with Gasteiger partial charge in [-0.3, -0.25) is 9.78 Å². The number of nitrogens with zero attached hydrogens (tertiary/aromatic N) is 1.